The van der Waals surface area contributed by atoms with Crippen LogP contribution < -0.4 is 10.6 Å². The predicted octanol–water partition coefficient (Wildman–Crippen LogP) is 4.61. The normalized spacial score (nSPS) is 16.0. The number of aromatic nitrogens is 3. The maximum atomic E-state index is 13.0. The summed E-state index contributed by atoms with van der Waals surface area (Å²) in [7, 11) is 0. The first-order valence-electron chi connectivity index (χ1n) is 9.52. The van der Waals surface area contributed by atoms with Crippen molar-refractivity contribution >= 4 is 16.9 Å². The SMILES string of the molecule is Cc1nc(N[C@H](C)c2cccc(C(F)(F)F)c2)c2cc(C3=CCNCC3)cn2n1. The minimum Gasteiger partial charge on any atom is -0.362 e. The fourth-order valence-electron chi connectivity index (χ4n) is 3.55. The average molecular weight is 401 g/mol. The van der Waals surface area contributed by atoms with Crippen LogP contribution >= 0.6 is 0 Å². The lowest BCUT2D eigenvalue weighted by Crippen LogP contribution is -2.19. The molecule has 3 heterocycles. The first kappa shape index (κ1) is 19.4. The lowest BCUT2D eigenvalue weighted by atomic mass is 10.0. The molecule has 4 rings (SSSR count). The molecule has 0 aliphatic carbocycles. The van der Waals surface area contributed by atoms with Crippen molar-refractivity contribution in [2.24, 2.45) is 0 Å². The van der Waals surface area contributed by atoms with Gasteiger partial charge in [-0.1, -0.05) is 18.2 Å². The van der Waals surface area contributed by atoms with E-state index in [1.54, 1.807) is 17.5 Å². The maximum absolute atomic E-state index is 13.0. The summed E-state index contributed by atoms with van der Waals surface area (Å²) >= 11 is 0. The molecule has 2 N–H and O–H groups in total. The van der Waals surface area contributed by atoms with E-state index in [4.69, 9.17) is 0 Å². The van der Waals surface area contributed by atoms with Crippen molar-refractivity contribution < 1.29 is 13.2 Å². The largest absolute Gasteiger partial charge is 0.416 e. The minimum absolute atomic E-state index is 0.355. The van der Waals surface area contributed by atoms with Crippen LogP contribution in [0.4, 0.5) is 19.0 Å². The van der Waals surface area contributed by atoms with Gasteiger partial charge in [0.1, 0.15) is 11.3 Å². The molecule has 152 valence electrons. The Morgan fingerprint density at radius 3 is 2.79 bits per heavy atom. The predicted molar refractivity (Wildman–Crippen MR) is 107 cm³/mol. The summed E-state index contributed by atoms with van der Waals surface area (Å²) in [5, 5.41) is 11.0. The van der Waals surface area contributed by atoms with Crippen LogP contribution in [-0.2, 0) is 6.18 Å². The summed E-state index contributed by atoms with van der Waals surface area (Å²) in [6, 6.07) is 7.03. The van der Waals surface area contributed by atoms with Crippen molar-refractivity contribution in [1.82, 2.24) is 19.9 Å². The van der Waals surface area contributed by atoms with E-state index >= 15 is 0 Å². The quantitative estimate of drug-likeness (QED) is 0.671. The van der Waals surface area contributed by atoms with Crippen LogP contribution in [0, 0.1) is 6.92 Å². The van der Waals surface area contributed by atoms with E-state index in [-0.39, 0.29) is 6.04 Å². The highest BCUT2D eigenvalue weighted by atomic mass is 19.4. The summed E-state index contributed by atoms with van der Waals surface area (Å²) in [6.45, 7) is 5.38. The Balaban J connectivity index is 1.67. The second-order valence-corrected chi connectivity index (χ2v) is 7.24. The van der Waals surface area contributed by atoms with Crippen molar-refractivity contribution in [1.29, 1.82) is 0 Å². The number of hydrogen-bond acceptors (Lipinski definition) is 4. The van der Waals surface area contributed by atoms with E-state index in [9.17, 15) is 13.2 Å². The third kappa shape index (κ3) is 4.12. The molecule has 1 atom stereocenters. The van der Waals surface area contributed by atoms with Crippen LogP contribution in [0.15, 0.2) is 42.6 Å². The Kier molecular flexibility index (Phi) is 5.04. The molecular formula is C21H22F3N5. The molecule has 0 radical (unpaired) electrons. The molecule has 0 bridgehead atoms. The number of nitrogens with zero attached hydrogens (tertiary/aromatic N) is 3. The molecule has 2 aromatic heterocycles. The van der Waals surface area contributed by atoms with Gasteiger partial charge in [0, 0.05) is 12.7 Å². The zero-order chi connectivity index (χ0) is 20.6. The standard InChI is InChI=1S/C21H22F3N5/c1-13(16-4-3-5-18(10-16)21(22,23)24)26-20-19-11-17(15-6-8-25-9-7-15)12-29(19)28-14(2)27-20/h3-6,10-13,25H,7-9H2,1-2H3,(H,26,27,28)/t13-/m1/s1. The molecule has 29 heavy (non-hydrogen) atoms. The Bertz CT molecular complexity index is 1070. The molecular weight excluding hydrogens is 379 g/mol. The number of aryl methyl sites for hydroxylation is 1. The van der Waals surface area contributed by atoms with Gasteiger partial charge in [0.05, 0.1) is 11.6 Å². The van der Waals surface area contributed by atoms with E-state index in [0.717, 1.165) is 36.7 Å². The zero-order valence-corrected chi connectivity index (χ0v) is 16.2. The van der Waals surface area contributed by atoms with Crippen molar-refractivity contribution in [2.45, 2.75) is 32.5 Å². The van der Waals surface area contributed by atoms with Crippen LogP contribution in [-0.4, -0.2) is 27.7 Å². The van der Waals surface area contributed by atoms with E-state index in [0.29, 0.717) is 17.2 Å². The van der Waals surface area contributed by atoms with Crippen molar-refractivity contribution in [3.05, 3.63) is 65.1 Å². The van der Waals surface area contributed by atoms with Crippen LogP contribution in [0.5, 0.6) is 0 Å². The van der Waals surface area contributed by atoms with E-state index in [2.05, 4.69) is 26.8 Å². The molecule has 0 unspecified atom stereocenters. The number of anilines is 1. The monoisotopic (exact) mass is 401 g/mol. The molecule has 0 fully saturated rings. The lowest BCUT2D eigenvalue weighted by Gasteiger charge is -2.17. The second kappa shape index (κ2) is 7.51. The van der Waals surface area contributed by atoms with Crippen LogP contribution in [0.2, 0.25) is 0 Å². The van der Waals surface area contributed by atoms with Gasteiger partial charge in [-0.2, -0.15) is 18.3 Å². The molecule has 0 saturated carbocycles. The maximum Gasteiger partial charge on any atom is 0.416 e. The van der Waals surface area contributed by atoms with Gasteiger partial charge in [0.15, 0.2) is 5.82 Å². The molecule has 8 heteroatoms. The van der Waals surface area contributed by atoms with Gasteiger partial charge in [0.25, 0.3) is 0 Å². The third-order valence-electron chi connectivity index (χ3n) is 5.07. The molecule has 1 aromatic carbocycles. The fourth-order valence-corrected chi connectivity index (χ4v) is 3.55. The van der Waals surface area contributed by atoms with Crippen molar-refractivity contribution in [3.63, 3.8) is 0 Å². The average Bonchev–Trinajstić information content (AvgIpc) is 3.12. The first-order chi connectivity index (χ1) is 13.8. The van der Waals surface area contributed by atoms with Gasteiger partial charge in [-0.3, -0.25) is 0 Å². The summed E-state index contributed by atoms with van der Waals surface area (Å²) in [6.07, 6.45) is 0.707. The highest BCUT2D eigenvalue weighted by Crippen LogP contribution is 2.32. The van der Waals surface area contributed by atoms with E-state index < -0.39 is 11.7 Å². The molecule has 0 saturated heterocycles. The molecule has 0 amide bonds. The van der Waals surface area contributed by atoms with Gasteiger partial charge in [-0.05, 0) is 61.7 Å². The van der Waals surface area contributed by atoms with E-state index in [1.165, 1.54) is 17.7 Å². The Labute approximate surface area is 166 Å². The fraction of sp³-hybridized carbons (Fsp3) is 0.333. The lowest BCUT2D eigenvalue weighted by molar-refractivity contribution is -0.137. The smallest absolute Gasteiger partial charge is 0.362 e. The highest BCUT2D eigenvalue weighted by Gasteiger charge is 2.30. The molecule has 3 aromatic rings. The Morgan fingerprint density at radius 1 is 1.24 bits per heavy atom. The topological polar surface area (TPSA) is 54.2 Å². The number of alkyl halides is 3. The summed E-state index contributed by atoms with van der Waals surface area (Å²) in [5.74, 6) is 1.18. The number of halogens is 3. The Hall–Kier alpha value is -2.87. The third-order valence-corrected chi connectivity index (χ3v) is 5.07. The van der Waals surface area contributed by atoms with Gasteiger partial charge >= 0.3 is 6.18 Å². The van der Waals surface area contributed by atoms with Crippen LogP contribution in [0.3, 0.4) is 0 Å². The number of fused-ring (bicyclic) bond motifs is 1. The molecule has 1 aliphatic heterocycles. The van der Waals surface area contributed by atoms with Gasteiger partial charge in [0.2, 0.25) is 0 Å². The number of benzene rings is 1. The summed E-state index contributed by atoms with van der Waals surface area (Å²) in [5.41, 5.74) is 3.02. The summed E-state index contributed by atoms with van der Waals surface area (Å²) < 4.78 is 40.9. The minimum atomic E-state index is -4.37. The van der Waals surface area contributed by atoms with Crippen molar-refractivity contribution in [3.8, 4) is 0 Å². The molecule has 1 aliphatic rings. The van der Waals surface area contributed by atoms with Crippen LogP contribution in [0.25, 0.3) is 11.1 Å². The number of nitrogens with one attached hydrogen (secondary N) is 2. The van der Waals surface area contributed by atoms with E-state index in [1.807, 2.05) is 19.2 Å². The van der Waals surface area contributed by atoms with Gasteiger partial charge in [-0.15, -0.1) is 0 Å². The zero-order valence-electron chi connectivity index (χ0n) is 16.2. The molecule has 5 nitrogen and oxygen atoms in total. The highest BCUT2D eigenvalue weighted by molar-refractivity contribution is 5.77. The first-order valence-corrected chi connectivity index (χ1v) is 9.52. The second-order valence-electron chi connectivity index (χ2n) is 7.24. The Morgan fingerprint density at radius 2 is 2.07 bits per heavy atom. The number of hydrogen-bond donors (Lipinski definition) is 2. The molecule has 0 spiro atoms. The number of rotatable bonds is 4. The van der Waals surface area contributed by atoms with Gasteiger partial charge in [-0.25, -0.2) is 9.50 Å². The van der Waals surface area contributed by atoms with Crippen molar-refractivity contribution in [2.75, 3.05) is 18.4 Å². The van der Waals surface area contributed by atoms with Crippen LogP contribution in [0.1, 0.15) is 41.9 Å². The van der Waals surface area contributed by atoms with Gasteiger partial charge < -0.3 is 10.6 Å². The summed E-state index contributed by atoms with van der Waals surface area (Å²) in [4.78, 5) is 4.50.